The second-order valence-corrected chi connectivity index (χ2v) is 6.88. The van der Waals surface area contributed by atoms with Crippen LogP contribution in [0.2, 0.25) is 10.0 Å². The Morgan fingerprint density at radius 3 is 2.60 bits per heavy atom. The third kappa shape index (κ3) is 5.46. The average molecular weight is 340 g/mol. The van der Waals surface area contributed by atoms with Gasteiger partial charge in [0, 0.05) is 18.6 Å². The van der Waals surface area contributed by atoms with Crippen molar-refractivity contribution in [2.75, 3.05) is 31.4 Å². The summed E-state index contributed by atoms with van der Waals surface area (Å²) in [6.07, 6.45) is 0.736. The number of nitrogens with one attached hydrogen (secondary N) is 2. The van der Waals surface area contributed by atoms with Crippen molar-refractivity contribution in [2.45, 2.75) is 13.3 Å². The molecule has 0 atom stereocenters. The Balaban J connectivity index is 2.64. The van der Waals surface area contributed by atoms with E-state index in [0.717, 1.165) is 19.5 Å². The minimum atomic E-state index is -3.61. The number of hydrogen-bond donors (Lipinski definition) is 2. The Bertz CT molecular complexity index is 538. The molecular weight excluding hydrogens is 321 g/mol. The van der Waals surface area contributed by atoms with Crippen LogP contribution in [0.3, 0.4) is 0 Å². The van der Waals surface area contributed by atoms with E-state index in [0.29, 0.717) is 17.3 Å². The second-order valence-electron chi connectivity index (χ2n) is 4.26. The van der Waals surface area contributed by atoms with Crippen LogP contribution >= 0.6 is 23.2 Å². The van der Waals surface area contributed by atoms with Gasteiger partial charge < -0.3 is 5.32 Å². The Morgan fingerprint density at radius 1 is 1.30 bits per heavy atom. The van der Waals surface area contributed by atoms with Crippen LogP contribution in [0.4, 0.5) is 5.69 Å². The molecule has 0 aromatic heterocycles. The molecule has 2 N–H and O–H groups in total. The van der Waals surface area contributed by atoms with E-state index in [-0.39, 0.29) is 5.02 Å². The molecule has 114 valence electrons. The van der Waals surface area contributed by atoms with Crippen molar-refractivity contribution in [3.8, 4) is 0 Å². The van der Waals surface area contributed by atoms with Crippen LogP contribution < -0.4 is 10.0 Å². The van der Waals surface area contributed by atoms with E-state index in [1.165, 1.54) is 23.5 Å². The van der Waals surface area contributed by atoms with Gasteiger partial charge in [-0.3, -0.25) is 4.72 Å². The van der Waals surface area contributed by atoms with Crippen molar-refractivity contribution in [2.24, 2.45) is 0 Å². The van der Waals surface area contributed by atoms with Crippen molar-refractivity contribution in [3.63, 3.8) is 0 Å². The smallest absolute Gasteiger partial charge is 0.301 e. The minimum absolute atomic E-state index is 0.266. The zero-order valence-electron chi connectivity index (χ0n) is 11.5. The van der Waals surface area contributed by atoms with Gasteiger partial charge in [-0.05, 0) is 37.7 Å². The molecule has 0 bridgehead atoms. The highest BCUT2D eigenvalue weighted by Crippen LogP contribution is 2.26. The number of nitrogens with zero attached hydrogens (tertiary/aromatic N) is 1. The van der Waals surface area contributed by atoms with Crippen LogP contribution in [-0.2, 0) is 10.2 Å². The first-order chi connectivity index (χ1) is 9.36. The lowest BCUT2D eigenvalue weighted by Gasteiger charge is -2.19. The largest absolute Gasteiger partial charge is 0.317 e. The molecular formula is C12H19Cl2N3O2S. The molecule has 0 saturated carbocycles. The molecule has 0 radical (unpaired) electrons. The van der Waals surface area contributed by atoms with Crippen molar-refractivity contribution < 1.29 is 8.42 Å². The van der Waals surface area contributed by atoms with E-state index in [2.05, 4.69) is 10.0 Å². The van der Waals surface area contributed by atoms with Gasteiger partial charge in [0.15, 0.2) is 0 Å². The lowest BCUT2D eigenvalue weighted by molar-refractivity contribution is 0.459. The van der Waals surface area contributed by atoms with Crippen molar-refractivity contribution in [1.82, 2.24) is 9.62 Å². The maximum absolute atomic E-state index is 12.1. The van der Waals surface area contributed by atoms with Gasteiger partial charge >= 0.3 is 10.2 Å². The Hall–Kier alpha value is -0.530. The normalized spacial score (nSPS) is 11.8. The zero-order valence-corrected chi connectivity index (χ0v) is 13.8. The van der Waals surface area contributed by atoms with Gasteiger partial charge in [-0.15, -0.1) is 0 Å². The lowest BCUT2D eigenvalue weighted by atomic mass is 10.3. The van der Waals surface area contributed by atoms with E-state index in [9.17, 15) is 8.42 Å². The number of halogens is 2. The van der Waals surface area contributed by atoms with Crippen LogP contribution in [0.1, 0.15) is 13.3 Å². The molecule has 0 aliphatic heterocycles. The zero-order chi connectivity index (χ0) is 15.2. The molecule has 5 nitrogen and oxygen atoms in total. The summed E-state index contributed by atoms with van der Waals surface area (Å²) in [6, 6.07) is 4.61. The molecule has 1 aromatic rings. The number of benzene rings is 1. The number of rotatable bonds is 8. The Morgan fingerprint density at radius 2 is 2.00 bits per heavy atom. The van der Waals surface area contributed by atoms with E-state index >= 15 is 0 Å². The topological polar surface area (TPSA) is 61.4 Å². The molecule has 0 aliphatic carbocycles. The van der Waals surface area contributed by atoms with Crippen LogP contribution in [0.5, 0.6) is 0 Å². The van der Waals surface area contributed by atoms with E-state index in [1.54, 1.807) is 6.07 Å². The fraction of sp³-hybridized carbons (Fsp3) is 0.500. The van der Waals surface area contributed by atoms with Crippen LogP contribution in [0.15, 0.2) is 18.2 Å². The fourth-order valence-corrected chi connectivity index (χ4v) is 3.01. The fourth-order valence-electron chi connectivity index (χ4n) is 1.51. The van der Waals surface area contributed by atoms with Crippen LogP contribution in [0.25, 0.3) is 0 Å². The molecule has 1 rings (SSSR count). The Kier molecular flexibility index (Phi) is 7.05. The summed E-state index contributed by atoms with van der Waals surface area (Å²) in [5.41, 5.74) is 0.314. The highest BCUT2D eigenvalue weighted by molar-refractivity contribution is 7.90. The lowest BCUT2D eigenvalue weighted by Crippen LogP contribution is -2.34. The molecule has 0 aliphatic rings. The summed E-state index contributed by atoms with van der Waals surface area (Å²) in [6.45, 7) is 4.07. The standard InChI is InChI=1S/C12H19Cl2N3O2S/c1-3-15-7-4-8-17(2)20(18,19)16-12-6-5-10(13)9-11(12)14/h5-6,9,15-16H,3-4,7-8H2,1-2H3. The van der Waals surface area contributed by atoms with Crippen molar-refractivity contribution in [3.05, 3.63) is 28.2 Å². The predicted molar refractivity (Wildman–Crippen MR) is 84.8 cm³/mol. The summed E-state index contributed by atoms with van der Waals surface area (Å²) in [5, 5.41) is 3.86. The summed E-state index contributed by atoms with van der Waals surface area (Å²) in [5.74, 6) is 0. The molecule has 0 unspecified atom stereocenters. The van der Waals surface area contributed by atoms with Gasteiger partial charge in [0.1, 0.15) is 0 Å². The number of anilines is 1. The van der Waals surface area contributed by atoms with E-state index in [4.69, 9.17) is 23.2 Å². The first-order valence-corrected chi connectivity index (χ1v) is 8.46. The van der Waals surface area contributed by atoms with Crippen molar-refractivity contribution in [1.29, 1.82) is 0 Å². The highest BCUT2D eigenvalue weighted by Gasteiger charge is 2.18. The van der Waals surface area contributed by atoms with Gasteiger partial charge in [0.2, 0.25) is 0 Å². The van der Waals surface area contributed by atoms with Crippen LogP contribution in [0, 0.1) is 0 Å². The third-order valence-corrected chi connectivity index (χ3v) is 4.69. The molecule has 20 heavy (non-hydrogen) atoms. The summed E-state index contributed by atoms with van der Waals surface area (Å²) < 4.78 is 27.9. The van der Waals surface area contributed by atoms with E-state index < -0.39 is 10.2 Å². The molecule has 1 aromatic carbocycles. The molecule has 8 heteroatoms. The third-order valence-electron chi connectivity index (χ3n) is 2.66. The molecule has 0 spiro atoms. The second kappa shape index (κ2) is 8.05. The van der Waals surface area contributed by atoms with Gasteiger partial charge in [-0.25, -0.2) is 0 Å². The quantitative estimate of drug-likeness (QED) is 0.715. The monoisotopic (exact) mass is 339 g/mol. The minimum Gasteiger partial charge on any atom is -0.317 e. The molecule has 0 saturated heterocycles. The van der Waals surface area contributed by atoms with Crippen molar-refractivity contribution >= 4 is 39.1 Å². The maximum atomic E-state index is 12.1. The maximum Gasteiger partial charge on any atom is 0.301 e. The van der Waals surface area contributed by atoms with Gasteiger partial charge in [0.25, 0.3) is 0 Å². The van der Waals surface area contributed by atoms with Gasteiger partial charge in [-0.2, -0.15) is 12.7 Å². The molecule has 0 fully saturated rings. The highest BCUT2D eigenvalue weighted by atomic mass is 35.5. The number of hydrogen-bond acceptors (Lipinski definition) is 3. The summed E-state index contributed by atoms with van der Waals surface area (Å²) in [4.78, 5) is 0. The van der Waals surface area contributed by atoms with Crippen LogP contribution in [-0.4, -0.2) is 39.4 Å². The average Bonchev–Trinajstić information content (AvgIpc) is 2.37. The summed E-state index contributed by atoms with van der Waals surface area (Å²) in [7, 11) is -2.08. The van der Waals surface area contributed by atoms with Gasteiger partial charge in [-0.1, -0.05) is 30.1 Å². The van der Waals surface area contributed by atoms with Gasteiger partial charge in [0.05, 0.1) is 10.7 Å². The predicted octanol–water partition coefficient (Wildman–Crippen LogP) is 2.58. The van der Waals surface area contributed by atoms with E-state index in [1.807, 2.05) is 6.92 Å². The Labute approximate surface area is 130 Å². The summed E-state index contributed by atoms with van der Waals surface area (Å²) >= 11 is 11.7. The SMILES string of the molecule is CCNCCCN(C)S(=O)(=O)Nc1ccc(Cl)cc1Cl. The first kappa shape index (κ1) is 17.5. The molecule has 0 amide bonds. The molecule has 0 heterocycles. The first-order valence-electron chi connectivity index (χ1n) is 6.26.